The summed E-state index contributed by atoms with van der Waals surface area (Å²) in [5.41, 5.74) is 1.58. The van der Waals surface area contributed by atoms with E-state index in [2.05, 4.69) is 25.1 Å². The number of imidazole rings is 1. The summed E-state index contributed by atoms with van der Waals surface area (Å²) in [6.07, 6.45) is 2.04. The van der Waals surface area contributed by atoms with Crippen LogP contribution in [0.5, 0.6) is 0 Å². The summed E-state index contributed by atoms with van der Waals surface area (Å²) in [7, 11) is 0. The fourth-order valence-electron chi connectivity index (χ4n) is 3.24. The molecular weight excluding hydrogens is 308 g/mol. The summed E-state index contributed by atoms with van der Waals surface area (Å²) in [5.74, 6) is 1.48. The predicted octanol–water partition coefficient (Wildman–Crippen LogP) is 0.923. The van der Waals surface area contributed by atoms with Gasteiger partial charge in [0, 0.05) is 19.0 Å². The van der Waals surface area contributed by atoms with E-state index in [0.717, 1.165) is 36.2 Å². The van der Waals surface area contributed by atoms with E-state index < -0.39 is 5.69 Å². The quantitative estimate of drug-likeness (QED) is 0.664. The van der Waals surface area contributed by atoms with Gasteiger partial charge in [-0.2, -0.15) is 5.10 Å². The van der Waals surface area contributed by atoms with Crippen LogP contribution in [-0.4, -0.2) is 49.0 Å². The molecule has 1 aromatic carbocycles. The maximum absolute atomic E-state index is 12.4. The van der Waals surface area contributed by atoms with Crippen LogP contribution in [0.1, 0.15) is 30.4 Å². The van der Waals surface area contributed by atoms with Gasteiger partial charge < -0.3 is 9.88 Å². The second-order valence-corrected chi connectivity index (χ2v) is 6.12. The van der Waals surface area contributed by atoms with Crippen molar-refractivity contribution in [3.05, 3.63) is 46.4 Å². The summed E-state index contributed by atoms with van der Waals surface area (Å²) in [5, 5.41) is 6.08. The molecule has 0 radical (unpaired) electrons. The number of nitrogens with one attached hydrogen (secondary N) is 3. The van der Waals surface area contributed by atoms with Crippen molar-refractivity contribution in [1.29, 1.82) is 0 Å². The molecule has 3 N–H and O–H groups in total. The lowest BCUT2D eigenvalue weighted by Gasteiger charge is -2.31. The number of nitrogens with zero attached hydrogens (tertiary/aromatic N) is 3. The number of carbonyl (C=O) groups is 1. The van der Waals surface area contributed by atoms with Gasteiger partial charge in [0.1, 0.15) is 11.6 Å². The molecule has 1 amide bonds. The molecular formula is C16H18N6O2. The van der Waals surface area contributed by atoms with Crippen molar-refractivity contribution in [2.45, 2.75) is 25.2 Å². The zero-order valence-corrected chi connectivity index (χ0v) is 13.1. The standard InChI is InChI=1S/C16H18N6O2/c23-14(8-13-19-16(24)21-20-13)22-7-3-4-10(9-22)15-17-11-5-1-2-6-12(11)18-15/h1-2,5-6,10H,3-4,7-9H2,(H,17,18)(H2,19,20,21,24)/t10-/m0/s1. The maximum atomic E-state index is 12.4. The molecule has 8 nitrogen and oxygen atoms in total. The predicted molar refractivity (Wildman–Crippen MR) is 87.6 cm³/mol. The van der Waals surface area contributed by atoms with Crippen molar-refractivity contribution < 1.29 is 4.79 Å². The fraction of sp³-hybridized carbons (Fsp3) is 0.375. The third-order valence-corrected chi connectivity index (χ3v) is 4.44. The largest absolute Gasteiger partial charge is 0.342 e. The Labute approximate surface area is 137 Å². The van der Waals surface area contributed by atoms with Gasteiger partial charge in [0.15, 0.2) is 0 Å². The highest BCUT2D eigenvalue weighted by Gasteiger charge is 2.27. The van der Waals surface area contributed by atoms with Crippen molar-refractivity contribution >= 4 is 16.9 Å². The van der Waals surface area contributed by atoms with Crippen molar-refractivity contribution in [3.63, 3.8) is 0 Å². The SMILES string of the molecule is O=C(Cc1n[nH]c(=O)[nH]1)N1CCC[C@H](c2nc3ccccc3[nH]2)C1. The minimum atomic E-state index is -0.392. The second kappa shape index (κ2) is 5.95. The van der Waals surface area contributed by atoms with Crippen LogP contribution in [0.15, 0.2) is 29.1 Å². The van der Waals surface area contributed by atoms with Crippen LogP contribution in [0, 0.1) is 0 Å². The zero-order valence-electron chi connectivity index (χ0n) is 13.1. The lowest BCUT2D eigenvalue weighted by atomic mass is 9.97. The molecule has 0 spiro atoms. The minimum absolute atomic E-state index is 0.0291. The van der Waals surface area contributed by atoms with Gasteiger partial charge in [-0.15, -0.1) is 0 Å². The maximum Gasteiger partial charge on any atom is 0.340 e. The van der Waals surface area contributed by atoms with Gasteiger partial charge in [-0.05, 0) is 25.0 Å². The van der Waals surface area contributed by atoms with Crippen LogP contribution in [0.2, 0.25) is 0 Å². The van der Waals surface area contributed by atoms with Gasteiger partial charge in [0.2, 0.25) is 5.91 Å². The average Bonchev–Trinajstić information content (AvgIpc) is 3.21. The molecule has 1 aliphatic heterocycles. The Morgan fingerprint density at radius 2 is 2.17 bits per heavy atom. The molecule has 8 heteroatoms. The average molecular weight is 326 g/mol. The van der Waals surface area contributed by atoms with Gasteiger partial charge in [-0.3, -0.25) is 9.78 Å². The Bertz CT molecular complexity index is 891. The number of hydrogen-bond acceptors (Lipinski definition) is 4. The summed E-state index contributed by atoms with van der Waals surface area (Å²) in [6, 6.07) is 7.93. The van der Waals surface area contributed by atoms with Crippen LogP contribution >= 0.6 is 0 Å². The highest BCUT2D eigenvalue weighted by atomic mass is 16.2. The smallest absolute Gasteiger partial charge is 0.340 e. The first-order valence-electron chi connectivity index (χ1n) is 8.05. The minimum Gasteiger partial charge on any atom is -0.342 e. The van der Waals surface area contributed by atoms with Gasteiger partial charge in [-0.1, -0.05) is 12.1 Å². The first-order chi connectivity index (χ1) is 11.7. The number of hydrogen-bond donors (Lipinski definition) is 3. The monoisotopic (exact) mass is 326 g/mol. The Hall–Kier alpha value is -2.90. The van der Waals surface area contributed by atoms with Gasteiger partial charge in [0.05, 0.1) is 17.5 Å². The van der Waals surface area contributed by atoms with E-state index in [1.807, 2.05) is 29.2 Å². The number of H-pyrrole nitrogens is 3. The molecule has 0 saturated carbocycles. The molecule has 1 atom stereocenters. The number of piperidine rings is 1. The van der Waals surface area contributed by atoms with Crippen LogP contribution in [-0.2, 0) is 11.2 Å². The molecule has 0 bridgehead atoms. The number of aromatic amines is 3. The van der Waals surface area contributed by atoms with E-state index in [-0.39, 0.29) is 18.2 Å². The Kier molecular flexibility index (Phi) is 3.64. The molecule has 124 valence electrons. The Balaban J connectivity index is 1.48. The molecule has 0 aliphatic carbocycles. The van der Waals surface area contributed by atoms with E-state index in [9.17, 15) is 9.59 Å². The summed E-state index contributed by atoms with van der Waals surface area (Å²) < 4.78 is 0. The van der Waals surface area contributed by atoms with Gasteiger partial charge in [0.25, 0.3) is 0 Å². The normalized spacial score (nSPS) is 18.2. The van der Waals surface area contributed by atoms with Crippen molar-refractivity contribution in [1.82, 2.24) is 30.0 Å². The first-order valence-corrected chi connectivity index (χ1v) is 8.05. The number of carbonyl (C=O) groups excluding carboxylic acids is 1. The van der Waals surface area contributed by atoms with Crippen LogP contribution in [0.4, 0.5) is 0 Å². The number of aromatic nitrogens is 5. The van der Waals surface area contributed by atoms with E-state index in [1.165, 1.54) is 0 Å². The first kappa shape index (κ1) is 14.7. The molecule has 2 aromatic heterocycles. The fourth-order valence-corrected chi connectivity index (χ4v) is 3.24. The third-order valence-electron chi connectivity index (χ3n) is 4.44. The zero-order chi connectivity index (χ0) is 16.5. The van der Waals surface area contributed by atoms with E-state index >= 15 is 0 Å². The molecule has 0 unspecified atom stereocenters. The van der Waals surface area contributed by atoms with Crippen molar-refractivity contribution in [3.8, 4) is 0 Å². The lowest BCUT2D eigenvalue weighted by molar-refractivity contribution is -0.131. The number of para-hydroxylation sites is 2. The molecule has 3 heterocycles. The molecule has 1 aliphatic rings. The highest BCUT2D eigenvalue weighted by Crippen LogP contribution is 2.26. The van der Waals surface area contributed by atoms with E-state index in [1.54, 1.807) is 0 Å². The Morgan fingerprint density at radius 1 is 1.29 bits per heavy atom. The van der Waals surface area contributed by atoms with E-state index in [4.69, 9.17) is 0 Å². The summed E-state index contributed by atoms with van der Waals surface area (Å²) in [4.78, 5) is 35.9. The van der Waals surface area contributed by atoms with Crippen molar-refractivity contribution in [2.75, 3.05) is 13.1 Å². The molecule has 1 saturated heterocycles. The number of amides is 1. The Morgan fingerprint density at radius 3 is 2.96 bits per heavy atom. The second-order valence-electron chi connectivity index (χ2n) is 6.12. The molecule has 24 heavy (non-hydrogen) atoms. The lowest BCUT2D eigenvalue weighted by Crippen LogP contribution is -2.40. The number of likely N-dealkylation sites (tertiary alicyclic amines) is 1. The number of fused-ring (bicyclic) bond motifs is 1. The van der Waals surface area contributed by atoms with Gasteiger partial charge >= 0.3 is 5.69 Å². The van der Waals surface area contributed by atoms with Crippen LogP contribution < -0.4 is 5.69 Å². The topological polar surface area (TPSA) is 111 Å². The highest BCUT2D eigenvalue weighted by molar-refractivity contribution is 5.78. The third kappa shape index (κ3) is 2.82. The molecule has 3 aromatic rings. The molecule has 4 rings (SSSR count). The van der Waals surface area contributed by atoms with Crippen LogP contribution in [0.3, 0.4) is 0 Å². The van der Waals surface area contributed by atoms with Gasteiger partial charge in [-0.25, -0.2) is 14.9 Å². The number of rotatable bonds is 3. The van der Waals surface area contributed by atoms with Crippen molar-refractivity contribution in [2.24, 2.45) is 0 Å². The number of benzene rings is 1. The summed E-state index contributed by atoms with van der Waals surface area (Å²) in [6.45, 7) is 1.36. The van der Waals surface area contributed by atoms with Crippen LogP contribution in [0.25, 0.3) is 11.0 Å². The van der Waals surface area contributed by atoms with E-state index in [0.29, 0.717) is 12.4 Å². The summed E-state index contributed by atoms with van der Waals surface area (Å²) >= 11 is 0. The molecule has 1 fully saturated rings.